The summed E-state index contributed by atoms with van der Waals surface area (Å²) in [7, 11) is -1.01. The zero-order valence-corrected chi connectivity index (χ0v) is 11.2. The van der Waals surface area contributed by atoms with E-state index in [-0.39, 0.29) is 0 Å². The fourth-order valence-electron chi connectivity index (χ4n) is 1.46. The van der Waals surface area contributed by atoms with Crippen LogP contribution in [0, 0.1) is 0 Å². The van der Waals surface area contributed by atoms with Gasteiger partial charge >= 0.3 is 0 Å². The van der Waals surface area contributed by atoms with Gasteiger partial charge in [-0.25, -0.2) is 0 Å². The highest BCUT2D eigenvalue weighted by Crippen LogP contribution is 2.03. The first-order valence-corrected chi connectivity index (χ1v) is 7.37. The minimum absolute atomic E-state index is 0.328. The van der Waals surface area contributed by atoms with Gasteiger partial charge in [-0.05, 0) is 5.56 Å². The molecule has 0 radical (unpaired) electrons. The van der Waals surface area contributed by atoms with Crippen molar-refractivity contribution in [1.29, 1.82) is 0 Å². The van der Waals surface area contributed by atoms with Crippen molar-refractivity contribution in [2.45, 2.75) is 31.7 Å². The number of aliphatic hydroxyl groups is 1. The number of rotatable bonds is 7. The minimum atomic E-state index is -1.01. The van der Waals surface area contributed by atoms with Crippen LogP contribution in [0.1, 0.15) is 19.4 Å². The molecule has 96 valence electrons. The van der Waals surface area contributed by atoms with Gasteiger partial charge in [0.15, 0.2) is 0 Å². The summed E-state index contributed by atoms with van der Waals surface area (Å²) >= 11 is 0. The van der Waals surface area contributed by atoms with E-state index in [1.165, 1.54) is 0 Å². The molecule has 0 heterocycles. The summed E-state index contributed by atoms with van der Waals surface area (Å²) in [6.07, 6.45) is -0.540. The Morgan fingerprint density at radius 1 is 1.29 bits per heavy atom. The number of hydrogen-bond donors (Lipinski definition) is 2. The molecule has 1 aromatic rings. The first-order chi connectivity index (χ1) is 8.08. The van der Waals surface area contributed by atoms with E-state index in [4.69, 9.17) is 0 Å². The molecule has 0 aromatic heterocycles. The smallest absolute Gasteiger partial charge is 0.0779 e. The molecule has 0 aliphatic rings. The second-order valence-electron chi connectivity index (χ2n) is 4.45. The second-order valence-corrected chi connectivity index (χ2v) is 5.95. The van der Waals surface area contributed by atoms with Crippen molar-refractivity contribution in [2.24, 2.45) is 0 Å². The van der Waals surface area contributed by atoms with E-state index < -0.39 is 16.9 Å². The zero-order valence-electron chi connectivity index (χ0n) is 10.4. The monoisotopic (exact) mass is 255 g/mol. The standard InChI is InChI=1S/C13H21NO2S/c1-11(2)14-8-13(15)10-17(16)9-12-6-4-3-5-7-12/h3-7,11,13-15H,8-10H2,1-2H3/t13-,17+/m0/s1. The summed E-state index contributed by atoms with van der Waals surface area (Å²) in [5.74, 6) is 0.841. The van der Waals surface area contributed by atoms with Gasteiger partial charge in [0.1, 0.15) is 0 Å². The Kier molecular flexibility index (Phi) is 6.40. The molecule has 0 saturated heterocycles. The third kappa shape index (κ3) is 6.56. The number of nitrogens with one attached hydrogen (secondary N) is 1. The molecule has 4 heteroatoms. The van der Waals surface area contributed by atoms with Crippen LogP contribution in [0.25, 0.3) is 0 Å². The van der Waals surface area contributed by atoms with Crippen molar-refractivity contribution in [2.75, 3.05) is 12.3 Å². The van der Waals surface area contributed by atoms with Crippen LogP contribution < -0.4 is 5.32 Å². The Morgan fingerprint density at radius 2 is 1.94 bits per heavy atom. The minimum Gasteiger partial charge on any atom is -0.391 e. The van der Waals surface area contributed by atoms with Gasteiger partial charge in [0.05, 0.1) is 11.9 Å². The molecule has 0 bridgehead atoms. The maximum absolute atomic E-state index is 11.8. The summed E-state index contributed by atoms with van der Waals surface area (Å²) in [6.45, 7) is 4.54. The molecule has 0 fully saturated rings. The fraction of sp³-hybridized carbons (Fsp3) is 0.538. The molecular weight excluding hydrogens is 234 g/mol. The van der Waals surface area contributed by atoms with Crippen LogP contribution >= 0.6 is 0 Å². The second kappa shape index (κ2) is 7.58. The molecule has 0 amide bonds. The van der Waals surface area contributed by atoms with Crippen molar-refractivity contribution in [1.82, 2.24) is 5.32 Å². The van der Waals surface area contributed by atoms with Crippen LogP contribution in [0.2, 0.25) is 0 Å². The normalized spacial score (nSPS) is 14.8. The molecule has 2 atom stereocenters. The Bertz CT molecular complexity index is 341. The van der Waals surface area contributed by atoms with Crippen molar-refractivity contribution in [3.05, 3.63) is 35.9 Å². The SMILES string of the molecule is CC(C)NC[C@H](O)C[S@](=O)Cc1ccccc1. The van der Waals surface area contributed by atoms with Gasteiger partial charge in [-0.2, -0.15) is 0 Å². The van der Waals surface area contributed by atoms with Gasteiger partial charge in [-0.3, -0.25) is 4.21 Å². The molecule has 0 unspecified atom stereocenters. The lowest BCUT2D eigenvalue weighted by Gasteiger charge is -2.13. The van der Waals surface area contributed by atoms with Gasteiger partial charge in [0.2, 0.25) is 0 Å². The number of benzene rings is 1. The Hall–Kier alpha value is -0.710. The van der Waals surface area contributed by atoms with Crippen LogP contribution in [0.3, 0.4) is 0 Å². The van der Waals surface area contributed by atoms with Crippen molar-refractivity contribution in [3.63, 3.8) is 0 Å². The Labute approximate surface area is 106 Å². The molecule has 3 nitrogen and oxygen atoms in total. The number of hydrogen-bond acceptors (Lipinski definition) is 3. The lowest BCUT2D eigenvalue weighted by Crippen LogP contribution is -2.35. The maximum Gasteiger partial charge on any atom is 0.0779 e. The lowest BCUT2D eigenvalue weighted by molar-refractivity contribution is 0.191. The average molecular weight is 255 g/mol. The highest BCUT2D eigenvalue weighted by atomic mass is 32.2. The largest absolute Gasteiger partial charge is 0.391 e. The highest BCUT2D eigenvalue weighted by molar-refractivity contribution is 7.84. The van der Waals surface area contributed by atoms with Crippen LogP contribution in [0.4, 0.5) is 0 Å². The third-order valence-electron chi connectivity index (χ3n) is 2.31. The summed E-state index contributed by atoms with van der Waals surface area (Å²) < 4.78 is 11.8. The van der Waals surface area contributed by atoms with Crippen LogP contribution in [0.15, 0.2) is 30.3 Å². The van der Waals surface area contributed by atoms with Gasteiger partial charge in [-0.1, -0.05) is 44.2 Å². The van der Waals surface area contributed by atoms with E-state index in [1.54, 1.807) is 0 Å². The quantitative estimate of drug-likeness (QED) is 0.772. The lowest BCUT2D eigenvalue weighted by atomic mass is 10.2. The highest BCUT2D eigenvalue weighted by Gasteiger charge is 2.10. The summed E-state index contributed by atoms with van der Waals surface area (Å²) in [5, 5.41) is 12.8. The van der Waals surface area contributed by atoms with Crippen LogP contribution in [-0.2, 0) is 16.6 Å². The molecule has 17 heavy (non-hydrogen) atoms. The van der Waals surface area contributed by atoms with Crippen molar-refractivity contribution >= 4 is 10.8 Å². The Balaban J connectivity index is 2.29. The topological polar surface area (TPSA) is 49.3 Å². The first kappa shape index (κ1) is 14.4. The van der Waals surface area contributed by atoms with E-state index in [0.717, 1.165) is 5.56 Å². The number of aliphatic hydroxyl groups excluding tert-OH is 1. The molecule has 1 aromatic carbocycles. The molecule has 0 spiro atoms. The van der Waals surface area contributed by atoms with Crippen LogP contribution in [-0.4, -0.2) is 33.8 Å². The van der Waals surface area contributed by atoms with E-state index >= 15 is 0 Å². The van der Waals surface area contributed by atoms with Gasteiger partial charge in [0.25, 0.3) is 0 Å². The van der Waals surface area contributed by atoms with E-state index in [9.17, 15) is 9.32 Å². The molecule has 2 N–H and O–H groups in total. The van der Waals surface area contributed by atoms with Crippen molar-refractivity contribution < 1.29 is 9.32 Å². The zero-order chi connectivity index (χ0) is 12.7. The van der Waals surface area contributed by atoms with Gasteiger partial charge < -0.3 is 10.4 Å². The summed E-state index contributed by atoms with van der Waals surface area (Å²) in [4.78, 5) is 0. The molecule has 0 saturated carbocycles. The predicted molar refractivity (Wildman–Crippen MR) is 72.3 cm³/mol. The average Bonchev–Trinajstić information content (AvgIpc) is 2.27. The van der Waals surface area contributed by atoms with E-state index in [0.29, 0.717) is 24.1 Å². The molecular formula is C13H21NO2S. The molecule has 0 aliphatic carbocycles. The summed E-state index contributed by atoms with van der Waals surface area (Å²) in [5.41, 5.74) is 1.05. The third-order valence-corrected chi connectivity index (χ3v) is 3.72. The van der Waals surface area contributed by atoms with E-state index in [2.05, 4.69) is 5.32 Å². The van der Waals surface area contributed by atoms with Gasteiger partial charge in [-0.15, -0.1) is 0 Å². The first-order valence-electron chi connectivity index (χ1n) is 5.88. The Morgan fingerprint density at radius 3 is 2.53 bits per heavy atom. The fourth-order valence-corrected chi connectivity index (χ4v) is 2.69. The maximum atomic E-state index is 11.8. The van der Waals surface area contributed by atoms with Crippen LogP contribution in [0.5, 0.6) is 0 Å². The molecule has 1 rings (SSSR count). The predicted octanol–water partition coefficient (Wildman–Crippen LogP) is 1.29. The van der Waals surface area contributed by atoms with E-state index in [1.807, 2.05) is 44.2 Å². The van der Waals surface area contributed by atoms with Crippen molar-refractivity contribution in [3.8, 4) is 0 Å². The molecule has 0 aliphatic heterocycles. The van der Waals surface area contributed by atoms with Gasteiger partial charge in [0, 0.05) is 29.1 Å². The summed E-state index contributed by atoms with van der Waals surface area (Å²) in [6, 6.07) is 10.1.